The van der Waals surface area contributed by atoms with Gasteiger partial charge in [-0.05, 0) is 20.8 Å². The molecule has 0 heterocycles. The van der Waals surface area contributed by atoms with Gasteiger partial charge in [-0.15, -0.1) is 10.1 Å². The van der Waals surface area contributed by atoms with Crippen molar-refractivity contribution in [2.45, 2.75) is 20.8 Å². The van der Waals surface area contributed by atoms with Crippen LogP contribution in [0.15, 0.2) is 36.5 Å². The summed E-state index contributed by atoms with van der Waals surface area (Å²) < 4.78 is 0. The van der Waals surface area contributed by atoms with E-state index in [4.69, 9.17) is 30.6 Å². The normalized spacial score (nSPS) is 7.23. The Morgan fingerprint density at radius 2 is 0.818 bits per heavy atom. The van der Waals surface area contributed by atoms with Gasteiger partial charge in [0.1, 0.15) is 0 Å². The van der Waals surface area contributed by atoms with Crippen LogP contribution in [0.1, 0.15) is 20.8 Å². The number of carbonyl (C=O) groups is 3. The van der Waals surface area contributed by atoms with Crippen LogP contribution in [0.3, 0.4) is 0 Å². The highest BCUT2D eigenvalue weighted by Crippen LogP contribution is 1.82. The minimum atomic E-state index is -1.50. The molecule has 0 rings (SSSR count). The quantitative estimate of drug-likeness (QED) is 0.341. The molecule has 0 aliphatic heterocycles. The van der Waals surface area contributed by atoms with Crippen molar-refractivity contribution in [3.05, 3.63) is 46.6 Å². The van der Waals surface area contributed by atoms with Crippen molar-refractivity contribution in [2.75, 3.05) is 0 Å². The zero-order chi connectivity index (χ0) is 19.0. The first-order valence-electron chi connectivity index (χ1n) is 5.16. The molecular weight excluding hydrogens is 302 g/mol. The predicted molar refractivity (Wildman–Crippen MR) is 76.1 cm³/mol. The summed E-state index contributed by atoms with van der Waals surface area (Å²) in [6.07, 6.45) is 0. The molecule has 10 nitrogen and oxygen atoms in total. The van der Waals surface area contributed by atoms with Gasteiger partial charge in [-0.25, -0.2) is 14.4 Å². The average Bonchev–Trinajstić information content (AvgIpc) is 2.29. The van der Waals surface area contributed by atoms with Crippen LogP contribution in [0.4, 0.5) is 0 Å². The Kier molecular flexibility index (Phi) is 19.7. The van der Waals surface area contributed by atoms with Crippen LogP contribution in [0.5, 0.6) is 0 Å². The summed E-state index contributed by atoms with van der Waals surface area (Å²) in [4.78, 5) is 37.2. The Morgan fingerprint density at radius 3 is 0.818 bits per heavy atom. The van der Waals surface area contributed by atoms with Gasteiger partial charge >= 0.3 is 17.9 Å². The van der Waals surface area contributed by atoms with E-state index in [-0.39, 0.29) is 16.7 Å². The highest BCUT2D eigenvalue weighted by atomic mass is 16.9. The molecular formula is C12H19NO9. The lowest BCUT2D eigenvalue weighted by molar-refractivity contribution is -0.742. The van der Waals surface area contributed by atoms with Crippen LogP contribution < -0.4 is 0 Å². The third-order valence-electron chi connectivity index (χ3n) is 1.10. The third-order valence-corrected chi connectivity index (χ3v) is 1.10. The molecule has 0 radical (unpaired) electrons. The Bertz CT molecular complexity index is 354. The van der Waals surface area contributed by atoms with Gasteiger partial charge in [0.25, 0.3) is 5.09 Å². The highest BCUT2D eigenvalue weighted by Gasteiger charge is 1.91. The lowest BCUT2D eigenvalue weighted by atomic mass is 10.4. The number of aliphatic carboxylic acids is 3. The highest BCUT2D eigenvalue weighted by molar-refractivity contribution is 5.85. The van der Waals surface area contributed by atoms with Gasteiger partial charge in [0, 0.05) is 16.7 Å². The topological polar surface area (TPSA) is 175 Å². The summed E-state index contributed by atoms with van der Waals surface area (Å²) in [5.74, 6) is -2.81. The van der Waals surface area contributed by atoms with Crippen molar-refractivity contribution in [3.63, 3.8) is 0 Å². The van der Waals surface area contributed by atoms with Gasteiger partial charge in [0.15, 0.2) is 0 Å². The minimum Gasteiger partial charge on any atom is -0.478 e. The smallest absolute Gasteiger partial charge is 0.330 e. The second-order valence-corrected chi connectivity index (χ2v) is 3.49. The van der Waals surface area contributed by atoms with Crippen molar-refractivity contribution >= 4 is 17.9 Å². The number of carboxylic acids is 3. The second kappa shape index (κ2) is 15.9. The zero-order valence-corrected chi connectivity index (χ0v) is 12.4. The first-order chi connectivity index (χ1) is 9.66. The molecule has 0 aliphatic rings. The summed E-state index contributed by atoms with van der Waals surface area (Å²) in [7, 11) is 0. The fourth-order valence-corrected chi connectivity index (χ4v) is 0. The molecule has 0 aromatic carbocycles. The maximum Gasteiger partial charge on any atom is 0.330 e. The molecule has 0 bridgehead atoms. The lowest BCUT2D eigenvalue weighted by Crippen LogP contribution is -1.92. The van der Waals surface area contributed by atoms with Crippen LogP contribution >= 0.6 is 0 Å². The van der Waals surface area contributed by atoms with Gasteiger partial charge in [0.05, 0.1) is 0 Å². The van der Waals surface area contributed by atoms with Gasteiger partial charge in [-0.3, -0.25) is 0 Å². The summed E-state index contributed by atoms with van der Waals surface area (Å²) in [5, 5.41) is 37.3. The minimum absolute atomic E-state index is 0.176. The maximum atomic E-state index is 9.60. The molecule has 0 fully saturated rings. The first kappa shape index (κ1) is 27.2. The predicted octanol–water partition coefficient (Wildman–Crippen LogP) is 1.59. The number of hydrogen-bond acceptors (Lipinski definition) is 5. The van der Waals surface area contributed by atoms with Gasteiger partial charge < -0.3 is 20.5 Å². The Morgan fingerprint density at radius 1 is 0.773 bits per heavy atom. The van der Waals surface area contributed by atoms with E-state index in [2.05, 4.69) is 19.7 Å². The van der Waals surface area contributed by atoms with Crippen LogP contribution in [-0.2, 0) is 14.4 Å². The first-order valence-corrected chi connectivity index (χ1v) is 5.16. The van der Waals surface area contributed by atoms with E-state index < -0.39 is 23.0 Å². The lowest BCUT2D eigenvalue weighted by Gasteiger charge is -1.79. The van der Waals surface area contributed by atoms with E-state index in [1.54, 1.807) is 0 Å². The van der Waals surface area contributed by atoms with Gasteiger partial charge in [0.2, 0.25) is 0 Å². The van der Waals surface area contributed by atoms with E-state index in [9.17, 15) is 14.4 Å². The van der Waals surface area contributed by atoms with Crippen molar-refractivity contribution in [1.82, 2.24) is 0 Å². The average molecular weight is 321 g/mol. The van der Waals surface area contributed by atoms with Crippen LogP contribution in [0.2, 0.25) is 0 Å². The van der Waals surface area contributed by atoms with E-state index in [1.807, 2.05) is 0 Å². The zero-order valence-electron chi connectivity index (χ0n) is 12.4. The maximum absolute atomic E-state index is 9.60. The molecule has 0 unspecified atom stereocenters. The van der Waals surface area contributed by atoms with Crippen LogP contribution in [0.25, 0.3) is 0 Å². The molecule has 0 saturated heterocycles. The summed E-state index contributed by atoms with van der Waals surface area (Å²) in [5.41, 5.74) is 0.528. The van der Waals surface area contributed by atoms with Crippen molar-refractivity contribution in [1.29, 1.82) is 0 Å². The molecule has 126 valence electrons. The van der Waals surface area contributed by atoms with Gasteiger partial charge in [-0.2, -0.15) is 0 Å². The number of rotatable bonds is 3. The standard InChI is InChI=1S/3C4H6O2.HNO3/c3*1-3(2)4(5)6;2-1(3)4/h3*1H2,2H3,(H,5,6);(H,2,3,4). The Balaban J connectivity index is -0.0000000994. The fourth-order valence-electron chi connectivity index (χ4n) is 0. The van der Waals surface area contributed by atoms with E-state index in [1.165, 1.54) is 20.8 Å². The van der Waals surface area contributed by atoms with Crippen molar-refractivity contribution < 1.29 is 40.0 Å². The molecule has 0 aromatic rings. The molecule has 0 aliphatic carbocycles. The Hall–Kier alpha value is -3.17. The molecule has 22 heavy (non-hydrogen) atoms. The summed E-state index contributed by atoms with van der Waals surface area (Å²) >= 11 is 0. The molecule has 0 atom stereocenters. The fraction of sp³-hybridized carbons (Fsp3) is 0.250. The molecule has 0 aromatic heterocycles. The molecule has 10 heteroatoms. The van der Waals surface area contributed by atoms with E-state index in [0.29, 0.717) is 0 Å². The number of hydrogen-bond donors (Lipinski definition) is 4. The van der Waals surface area contributed by atoms with Crippen LogP contribution in [-0.4, -0.2) is 43.5 Å². The number of carboxylic acid groups (broad SMARTS) is 3. The van der Waals surface area contributed by atoms with Crippen molar-refractivity contribution in [2.24, 2.45) is 0 Å². The summed E-state index contributed by atoms with van der Waals surface area (Å²) in [6.45, 7) is 13.8. The van der Waals surface area contributed by atoms with Crippen molar-refractivity contribution in [3.8, 4) is 0 Å². The third kappa shape index (κ3) is 54.1. The molecule has 0 saturated carbocycles. The largest absolute Gasteiger partial charge is 0.478 e. The Labute approximate surface area is 126 Å². The monoisotopic (exact) mass is 321 g/mol. The molecule has 0 spiro atoms. The molecule has 4 N–H and O–H groups in total. The molecule has 0 amide bonds. The van der Waals surface area contributed by atoms with Gasteiger partial charge in [-0.1, -0.05) is 19.7 Å². The second-order valence-electron chi connectivity index (χ2n) is 3.49. The SMILES string of the molecule is C=C(C)C(=O)O.C=C(C)C(=O)O.C=C(C)C(=O)O.O=[N+]([O-])O. The van der Waals surface area contributed by atoms with E-state index in [0.717, 1.165) is 0 Å². The van der Waals surface area contributed by atoms with E-state index >= 15 is 0 Å². The number of nitrogens with zero attached hydrogens (tertiary/aromatic N) is 1. The summed E-state index contributed by atoms with van der Waals surface area (Å²) in [6, 6.07) is 0. The van der Waals surface area contributed by atoms with Crippen LogP contribution in [0, 0.1) is 10.1 Å².